The number of rotatable bonds is 3. The van der Waals surface area contributed by atoms with E-state index in [9.17, 15) is 18.0 Å². The Morgan fingerprint density at radius 2 is 1.75 bits per heavy atom. The molecule has 2 N–H and O–H groups in total. The van der Waals surface area contributed by atoms with Gasteiger partial charge in [-0.15, -0.1) is 12.4 Å². The van der Waals surface area contributed by atoms with Gasteiger partial charge in [-0.2, -0.15) is 13.2 Å². The van der Waals surface area contributed by atoms with Crippen molar-refractivity contribution in [1.82, 2.24) is 0 Å². The number of esters is 1. The van der Waals surface area contributed by atoms with Crippen LogP contribution in [0.4, 0.5) is 13.2 Å². The summed E-state index contributed by atoms with van der Waals surface area (Å²) in [6.07, 6.45) is -4.51. The maximum atomic E-state index is 12.9. The van der Waals surface area contributed by atoms with Gasteiger partial charge in [-0.05, 0) is 25.5 Å². The van der Waals surface area contributed by atoms with E-state index in [-0.39, 0.29) is 18.0 Å². The van der Waals surface area contributed by atoms with Crippen molar-refractivity contribution in [3.8, 4) is 0 Å². The van der Waals surface area contributed by atoms with Crippen molar-refractivity contribution in [3.63, 3.8) is 0 Å². The Balaban J connectivity index is 0.00000361. The molecule has 0 heterocycles. The minimum atomic E-state index is -4.51. The average molecular weight is 312 g/mol. The van der Waals surface area contributed by atoms with Crippen molar-refractivity contribution >= 4 is 18.4 Å². The van der Waals surface area contributed by atoms with E-state index in [1.807, 2.05) is 0 Å². The van der Waals surface area contributed by atoms with Gasteiger partial charge in [0, 0.05) is 6.04 Å². The summed E-state index contributed by atoms with van der Waals surface area (Å²) in [6, 6.07) is 3.85. The number of methoxy groups -OCH3 is 1. The second kappa shape index (κ2) is 6.45. The van der Waals surface area contributed by atoms with Crippen LogP contribution < -0.4 is 5.73 Å². The first-order chi connectivity index (χ1) is 8.62. The number of hydrogen-bond acceptors (Lipinski definition) is 3. The zero-order chi connectivity index (χ0) is 14.8. The zero-order valence-corrected chi connectivity index (χ0v) is 12.1. The molecular weight excluding hydrogens is 295 g/mol. The summed E-state index contributed by atoms with van der Waals surface area (Å²) in [5.41, 5.74) is 3.64. The first-order valence-electron chi connectivity index (χ1n) is 5.62. The molecule has 7 heteroatoms. The van der Waals surface area contributed by atoms with E-state index in [0.29, 0.717) is 0 Å². The summed E-state index contributed by atoms with van der Waals surface area (Å²) in [7, 11) is 1.17. The maximum absolute atomic E-state index is 12.9. The lowest BCUT2D eigenvalue weighted by Gasteiger charge is -2.30. The SMILES string of the molecule is COC(=O)C(C)(C)[C@@H](N)c1ccccc1C(F)(F)F.Cl. The fraction of sp³-hybridized carbons (Fsp3) is 0.462. The molecular formula is C13H17ClF3NO2. The number of alkyl halides is 3. The van der Waals surface area contributed by atoms with E-state index in [1.54, 1.807) is 0 Å². The molecule has 3 nitrogen and oxygen atoms in total. The molecule has 114 valence electrons. The third-order valence-electron chi connectivity index (χ3n) is 3.09. The minimum Gasteiger partial charge on any atom is -0.469 e. The quantitative estimate of drug-likeness (QED) is 0.871. The standard InChI is InChI=1S/C13H16F3NO2.ClH/c1-12(2,11(18)19-3)10(17)8-6-4-5-7-9(8)13(14,15)16;/h4-7,10H,17H2,1-3H3;1H/t10-;/m0./s1. The van der Waals surface area contributed by atoms with Crippen LogP contribution in [0.1, 0.15) is 31.0 Å². The van der Waals surface area contributed by atoms with E-state index in [4.69, 9.17) is 5.73 Å². The van der Waals surface area contributed by atoms with Gasteiger partial charge in [0.2, 0.25) is 0 Å². The van der Waals surface area contributed by atoms with Gasteiger partial charge in [0.05, 0.1) is 18.1 Å². The second-order valence-corrected chi connectivity index (χ2v) is 4.78. The number of nitrogens with two attached hydrogens (primary N) is 1. The Kier molecular flexibility index (Phi) is 6.04. The number of hydrogen-bond donors (Lipinski definition) is 1. The second-order valence-electron chi connectivity index (χ2n) is 4.78. The molecule has 20 heavy (non-hydrogen) atoms. The molecule has 0 aliphatic carbocycles. The van der Waals surface area contributed by atoms with Crippen LogP contribution in [0.2, 0.25) is 0 Å². The van der Waals surface area contributed by atoms with Crippen molar-refractivity contribution in [1.29, 1.82) is 0 Å². The lowest BCUT2D eigenvalue weighted by atomic mass is 9.79. The van der Waals surface area contributed by atoms with Crippen molar-refractivity contribution in [3.05, 3.63) is 35.4 Å². The average Bonchev–Trinajstić information content (AvgIpc) is 2.35. The predicted molar refractivity (Wildman–Crippen MR) is 71.4 cm³/mol. The van der Waals surface area contributed by atoms with E-state index in [2.05, 4.69) is 4.74 Å². The van der Waals surface area contributed by atoms with Crippen molar-refractivity contribution < 1.29 is 22.7 Å². The van der Waals surface area contributed by atoms with Gasteiger partial charge in [-0.25, -0.2) is 0 Å². The minimum absolute atomic E-state index is 0. The van der Waals surface area contributed by atoms with Gasteiger partial charge in [0.15, 0.2) is 0 Å². The normalized spacial score (nSPS) is 13.3. The van der Waals surface area contributed by atoms with E-state index in [0.717, 1.165) is 6.07 Å². The molecule has 0 fully saturated rings. The molecule has 0 aromatic heterocycles. The van der Waals surface area contributed by atoms with Crippen LogP contribution in [-0.2, 0) is 15.7 Å². The maximum Gasteiger partial charge on any atom is 0.416 e. The highest BCUT2D eigenvalue weighted by Gasteiger charge is 2.41. The van der Waals surface area contributed by atoms with Crippen LogP contribution in [0.5, 0.6) is 0 Å². The van der Waals surface area contributed by atoms with Crippen molar-refractivity contribution in [2.75, 3.05) is 7.11 Å². The molecule has 0 aliphatic heterocycles. The first kappa shape index (κ1) is 18.7. The molecule has 0 bridgehead atoms. The third-order valence-corrected chi connectivity index (χ3v) is 3.09. The lowest BCUT2D eigenvalue weighted by Crippen LogP contribution is -2.38. The Hall–Kier alpha value is -1.27. The Morgan fingerprint density at radius 3 is 2.20 bits per heavy atom. The van der Waals surface area contributed by atoms with Crippen LogP contribution >= 0.6 is 12.4 Å². The third kappa shape index (κ3) is 3.64. The molecule has 0 saturated heterocycles. The number of halogens is 4. The van der Waals surface area contributed by atoms with Gasteiger partial charge in [-0.3, -0.25) is 4.79 Å². The van der Waals surface area contributed by atoms with Crippen LogP contribution in [-0.4, -0.2) is 13.1 Å². The lowest BCUT2D eigenvalue weighted by molar-refractivity contribution is -0.153. The Labute approximate surface area is 121 Å². The Morgan fingerprint density at radius 1 is 1.25 bits per heavy atom. The van der Waals surface area contributed by atoms with Gasteiger partial charge in [0.25, 0.3) is 0 Å². The highest BCUT2D eigenvalue weighted by atomic mass is 35.5. The van der Waals surface area contributed by atoms with Gasteiger partial charge in [-0.1, -0.05) is 18.2 Å². The van der Waals surface area contributed by atoms with Gasteiger partial charge < -0.3 is 10.5 Å². The molecule has 0 saturated carbocycles. The number of carbonyl (C=O) groups excluding carboxylic acids is 1. The van der Waals surface area contributed by atoms with E-state index in [1.165, 1.54) is 39.2 Å². The summed E-state index contributed by atoms with van der Waals surface area (Å²) in [5, 5.41) is 0. The Bertz CT molecular complexity index is 475. The van der Waals surface area contributed by atoms with Crippen LogP contribution in [0.15, 0.2) is 24.3 Å². The molecule has 0 radical (unpaired) electrons. The number of carbonyl (C=O) groups is 1. The zero-order valence-electron chi connectivity index (χ0n) is 11.3. The summed E-state index contributed by atoms with van der Waals surface area (Å²) in [6.45, 7) is 2.91. The summed E-state index contributed by atoms with van der Waals surface area (Å²) < 4.78 is 43.3. The van der Waals surface area contributed by atoms with Gasteiger partial charge in [0.1, 0.15) is 0 Å². The smallest absolute Gasteiger partial charge is 0.416 e. The predicted octanol–water partition coefficient (Wildman–Crippen LogP) is 3.33. The van der Waals surface area contributed by atoms with Crippen molar-refractivity contribution in [2.45, 2.75) is 26.1 Å². The topological polar surface area (TPSA) is 52.3 Å². The molecule has 1 rings (SSSR count). The largest absolute Gasteiger partial charge is 0.469 e. The first-order valence-corrected chi connectivity index (χ1v) is 5.62. The van der Waals surface area contributed by atoms with Crippen molar-refractivity contribution in [2.24, 2.45) is 11.1 Å². The van der Waals surface area contributed by atoms with Crippen LogP contribution in [0.25, 0.3) is 0 Å². The molecule has 0 spiro atoms. The summed E-state index contributed by atoms with van der Waals surface area (Å²) in [5.74, 6) is -0.656. The highest BCUT2D eigenvalue weighted by molar-refractivity contribution is 5.85. The molecule has 1 aromatic rings. The monoisotopic (exact) mass is 311 g/mol. The summed E-state index contributed by atoms with van der Waals surface area (Å²) in [4.78, 5) is 11.6. The summed E-state index contributed by atoms with van der Waals surface area (Å²) >= 11 is 0. The van der Waals surface area contributed by atoms with E-state index >= 15 is 0 Å². The molecule has 0 unspecified atom stereocenters. The molecule has 0 aliphatic rings. The molecule has 0 amide bonds. The fourth-order valence-corrected chi connectivity index (χ4v) is 1.81. The van der Waals surface area contributed by atoms with Crippen LogP contribution in [0.3, 0.4) is 0 Å². The molecule has 1 aromatic carbocycles. The number of benzene rings is 1. The molecule has 1 atom stereocenters. The highest BCUT2D eigenvalue weighted by Crippen LogP contribution is 2.39. The fourth-order valence-electron chi connectivity index (χ4n) is 1.81. The number of ether oxygens (including phenoxy) is 1. The van der Waals surface area contributed by atoms with E-state index < -0.39 is 29.2 Å². The van der Waals surface area contributed by atoms with Gasteiger partial charge >= 0.3 is 12.1 Å². The van der Waals surface area contributed by atoms with Crippen LogP contribution in [0, 0.1) is 5.41 Å².